The van der Waals surface area contributed by atoms with Crippen molar-refractivity contribution in [3.05, 3.63) is 11.6 Å². The highest BCUT2D eigenvalue weighted by Gasteiger charge is 2.27. The van der Waals surface area contributed by atoms with Crippen LogP contribution in [0.25, 0.3) is 0 Å². The van der Waals surface area contributed by atoms with Crippen molar-refractivity contribution in [2.75, 3.05) is 13.2 Å². The minimum atomic E-state index is 0.154. The normalized spacial score (nSPS) is 29.0. The Hall–Kier alpha value is -0.940. The fourth-order valence-electron chi connectivity index (χ4n) is 2.79. The summed E-state index contributed by atoms with van der Waals surface area (Å²) >= 11 is 0. The Labute approximate surface area is 101 Å². The zero-order valence-corrected chi connectivity index (χ0v) is 10.1. The van der Waals surface area contributed by atoms with Gasteiger partial charge < -0.3 is 15.0 Å². The van der Waals surface area contributed by atoms with Crippen molar-refractivity contribution in [1.29, 1.82) is 0 Å². The minimum Gasteiger partial charge on any atom is -0.370 e. The smallest absolute Gasteiger partial charge is 0.162 e. The van der Waals surface area contributed by atoms with Gasteiger partial charge in [-0.15, -0.1) is 10.2 Å². The maximum Gasteiger partial charge on any atom is 0.162 e. The summed E-state index contributed by atoms with van der Waals surface area (Å²) in [5.41, 5.74) is 5.77. The highest BCUT2D eigenvalue weighted by Crippen LogP contribution is 2.29. The average Bonchev–Trinajstić information content (AvgIpc) is 2.82. The first-order chi connectivity index (χ1) is 8.38. The van der Waals surface area contributed by atoms with Gasteiger partial charge in [0.25, 0.3) is 0 Å². The molecule has 2 N–H and O–H groups in total. The van der Waals surface area contributed by atoms with Crippen LogP contribution in [-0.2, 0) is 17.7 Å². The summed E-state index contributed by atoms with van der Waals surface area (Å²) in [6.07, 6.45) is 5.77. The molecule has 5 heteroatoms. The molecule has 0 radical (unpaired) electrons. The first-order valence-electron chi connectivity index (χ1n) is 6.62. The third-order valence-corrected chi connectivity index (χ3v) is 3.87. The molecule has 1 saturated heterocycles. The van der Waals surface area contributed by atoms with Crippen LogP contribution in [0.4, 0.5) is 0 Å². The average molecular weight is 236 g/mol. The van der Waals surface area contributed by atoms with E-state index < -0.39 is 0 Å². The molecule has 17 heavy (non-hydrogen) atoms. The van der Waals surface area contributed by atoms with Crippen LogP contribution in [0.15, 0.2) is 0 Å². The van der Waals surface area contributed by atoms with Crippen LogP contribution < -0.4 is 5.73 Å². The lowest BCUT2D eigenvalue weighted by Crippen LogP contribution is -2.28. The van der Waals surface area contributed by atoms with Crippen LogP contribution >= 0.6 is 0 Å². The number of nitrogens with zero attached hydrogens (tertiary/aromatic N) is 3. The second-order valence-corrected chi connectivity index (χ2v) is 5.08. The SMILES string of the molecule is NCC1CCc2nnc(C3CCCCO3)n2C1. The van der Waals surface area contributed by atoms with Crippen LogP contribution in [-0.4, -0.2) is 27.9 Å². The van der Waals surface area contributed by atoms with Crippen molar-refractivity contribution in [1.82, 2.24) is 14.8 Å². The monoisotopic (exact) mass is 236 g/mol. The summed E-state index contributed by atoms with van der Waals surface area (Å²) in [7, 11) is 0. The predicted molar refractivity (Wildman–Crippen MR) is 63.4 cm³/mol. The van der Waals surface area contributed by atoms with E-state index in [1.54, 1.807) is 0 Å². The second-order valence-electron chi connectivity index (χ2n) is 5.08. The Morgan fingerprint density at radius 1 is 1.29 bits per heavy atom. The van der Waals surface area contributed by atoms with E-state index in [2.05, 4.69) is 14.8 Å². The molecule has 0 aromatic carbocycles. The van der Waals surface area contributed by atoms with E-state index in [1.807, 2.05) is 0 Å². The molecular weight excluding hydrogens is 216 g/mol. The maximum atomic E-state index is 5.80. The molecular formula is C12H20N4O. The third kappa shape index (κ3) is 2.09. The molecule has 1 fully saturated rings. The molecule has 0 saturated carbocycles. The third-order valence-electron chi connectivity index (χ3n) is 3.87. The lowest BCUT2D eigenvalue weighted by molar-refractivity contribution is 0.00634. The molecule has 0 amide bonds. The highest BCUT2D eigenvalue weighted by molar-refractivity contribution is 5.03. The van der Waals surface area contributed by atoms with Gasteiger partial charge >= 0.3 is 0 Å². The van der Waals surface area contributed by atoms with E-state index in [-0.39, 0.29) is 6.10 Å². The number of aryl methyl sites for hydroxylation is 1. The van der Waals surface area contributed by atoms with Crippen molar-refractivity contribution in [3.63, 3.8) is 0 Å². The zero-order chi connectivity index (χ0) is 11.7. The van der Waals surface area contributed by atoms with Gasteiger partial charge in [-0.2, -0.15) is 0 Å². The fourth-order valence-corrected chi connectivity index (χ4v) is 2.79. The summed E-state index contributed by atoms with van der Waals surface area (Å²) in [4.78, 5) is 0. The molecule has 3 rings (SSSR count). The molecule has 2 aliphatic rings. The Bertz CT molecular complexity index is 384. The van der Waals surface area contributed by atoms with Gasteiger partial charge in [0.2, 0.25) is 0 Å². The first kappa shape index (κ1) is 11.2. The van der Waals surface area contributed by atoms with Crippen molar-refractivity contribution in [2.24, 2.45) is 11.7 Å². The van der Waals surface area contributed by atoms with E-state index in [4.69, 9.17) is 10.5 Å². The Morgan fingerprint density at radius 2 is 2.24 bits per heavy atom. The number of aromatic nitrogens is 3. The number of ether oxygens (including phenoxy) is 1. The number of fused-ring (bicyclic) bond motifs is 1. The molecule has 1 aromatic heterocycles. The van der Waals surface area contributed by atoms with E-state index in [9.17, 15) is 0 Å². The summed E-state index contributed by atoms with van der Waals surface area (Å²) in [6.45, 7) is 2.57. The van der Waals surface area contributed by atoms with Gasteiger partial charge in [0, 0.05) is 19.6 Å². The highest BCUT2D eigenvalue weighted by atomic mass is 16.5. The van der Waals surface area contributed by atoms with Gasteiger partial charge in [-0.05, 0) is 38.1 Å². The van der Waals surface area contributed by atoms with Crippen LogP contribution in [0.5, 0.6) is 0 Å². The van der Waals surface area contributed by atoms with Gasteiger partial charge in [-0.25, -0.2) is 0 Å². The van der Waals surface area contributed by atoms with Crippen LogP contribution in [0.2, 0.25) is 0 Å². The number of hydrogen-bond donors (Lipinski definition) is 1. The van der Waals surface area contributed by atoms with Crippen LogP contribution in [0.3, 0.4) is 0 Å². The fraction of sp³-hybridized carbons (Fsp3) is 0.833. The van der Waals surface area contributed by atoms with Crippen molar-refractivity contribution >= 4 is 0 Å². The summed E-state index contributed by atoms with van der Waals surface area (Å²) in [6, 6.07) is 0. The largest absolute Gasteiger partial charge is 0.370 e. The molecule has 0 aliphatic carbocycles. The molecule has 5 nitrogen and oxygen atoms in total. The molecule has 1 aromatic rings. The number of rotatable bonds is 2. The minimum absolute atomic E-state index is 0.154. The van der Waals surface area contributed by atoms with E-state index in [0.717, 1.165) is 50.6 Å². The molecule has 3 heterocycles. The summed E-state index contributed by atoms with van der Waals surface area (Å²) in [5, 5.41) is 8.63. The van der Waals surface area contributed by atoms with Gasteiger partial charge in [0.15, 0.2) is 5.82 Å². The van der Waals surface area contributed by atoms with Gasteiger partial charge in [-0.1, -0.05) is 0 Å². The lowest BCUT2D eigenvalue weighted by atomic mass is 9.99. The van der Waals surface area contributed by atoms with Crippen molar-refractivity contribution in [3.8, 4) is 0 Å². The van der Waals surface area contributed by atoms with Crippen molar-refractivity contribution < 1.29 is 4.74 Å². The second kappa shape index (κ2) is 4.74. The topological polar surface area (TPSA) is 66.0 Å². The zero-order valence-electron chi connectivity index (χ0n) is 10.1. The van der Waals surface area contributed by atoms with Crippen LogP contribution in [0, 0.1) is 5.92 Å². The van der Waals surface area contributed by atoms with Crippen LogP contribution in [0.1, 0.15) is 43.4 Å². The molecule has 0 spiro atoms. The lowest BCUT2D eigenvalue weighted by Gasteiger charge is -2.27. The Kier molecular flexibility index (Phi) is 3.11. The quantitative estimate of drug-likeness (QED) is 0.833. The molecule has 2 aliphatic heterocycles. The standard InChI is InChI=1S/C12H20N4O/c13-7-9-4-5-11-14-15-12(16(11)8-9)10-3-1-2-6-17-10/h9-10H,1-8,13H2. The van der Waals surface area contributed by atoms with Crippen molar-refractivity contribution in [2.45, 2.75) is 44.8 Å². The summed E-state index contributed by atoms with van der Waals surface area (Å²) in [5.74, 6) is 2.71. The molecule has 2 unspecified atom stereocenters. The molecule has 2 atom stereocenters. The molecule has 94 valence electrons. The predicted octanol–water partition coefficient (Wildman–Crippen LogP) is 1.04. The maximum absolute atomic E-state index is 5.80. The number of nitrogens with two attached hydrogens (primary N) is 1. The Morgan fingerprint density at radius 3 is 3.00 bits per heavy atom. The van der Waals surface area contributed by atoms with Gasteiger partial charge in [-0.3, -0.25) is 0 Å². The Balaban J connectivity index is 1.83. The first-order valence-corrected chi connectivity index (χ1v) is 6.62. The van der Waals surface area contributed by atoms with E-state index >= 15 is 0 Å². The van der Waals surface area contributed by atoms with Gasteiger partial charge in [0.05, 0.1) is 0 Å². The van der Waals surface area contributed by atoms with Gasteiger partial charge in [0.1, 0.15) is 11.9 Å². The van der Waals surface area contributed by atoms with E-state index in [0.29, 0.717) is 5.92 Å². The van der Waals surface area contributed by atoms with E-state index in [1.165, 1.54) is 12.8 Å². The molecule has 0 bridgehead atoms. The number of hydrogen-bond acceptors (Lipinski definition) is 4. The summed E-state index contributed by atoms with van der Waals surface area (Å²) < 4.78 is 8.05.